The van der Waals surface area contributed by atoms with Crippen molar-refractivity contribution in [1.29, 1.82) is 0 Å². The van der Waals surface area contributed by atoms with E-state index in [1.54, 1.807) is 12.4 Å². The van der Waals surface area contributed by atoms with Gasteiger partial charge in [-0.15, -0.1) is 12.8 Å². The van der Waals surface area contributed by atoms with Crippen molar-refractivity contribution in [3.05, 3.63) is 0 Å². The molecule has 0 aliphatic carbocycles. The van der Waals surface area contributed by atoms with Crippen LogP contribution in [-0.2, 0) is 0 Å². The molecule has 0 fully saturated rings. The summed E-state index contributed by atoms with van der Waals surface area (Å²) in [5, 5.41) is 37.7. The van der Waals surface area contributed by atoms with Gasteiger partial charge in [0.1, 0.15) is 18.8 Å². The van der Waals surface area contributed by atoms with Gasteiger partial charge < -0.3 is 25.7 Å². The molecule has 0 rings (SSSR count). The van der Waals surface area contributed by atoms with Crippen molar-refractivity contribution in [3.63, 3.8) is 0 Å². The highest BCUT2D eigenvalue weighted by molar-refractivity contribution is 4.73. The van der Waals surface area contributed by atoms with Crippen LogP contribution in [0, 0.1) is 12.8 Å². The zero-order chi connectivity index (χ0) is 11.6. The predicted octanol–water partition coefficient (Wildman–Crippen LogP) is -3.11. The van der Waals surface area contributed by atoms with Crippen LogP contribution in [-0.4, -0.2) is 58.9 Å². The zero-order valence-electron chi connectivity index (χ0n) is 8.37. The molecule has 0 aliphatic rings. The Morgan fingerprint density at radius 3 is 2.00 bits per heavy atom. The van der Waals surface area contributed by atoms with E-state index in [4.69, 9.17) is 10.2 Å². The third-order valence-electron chi connectivity index (χ3n) is 1.69. The standard InChI is InChI=1S/C7H17NO4.C2H2/c1-8-4-6(11)7(12)5(10)2-3-9;1-2/h5-12H,2-4H2,1H3;1-2H/p+1/t5-,6?,7?;/m1./s1. The zero-order valence-corrected chi connectivity index (χ0v) is 8.37. The Bertz CT molecular complexity index is 128. The molecule has 2 unspecified atom stereocenters. The molecule has 0 heterocycles. The van der Waals surface area contributed by atoms with Crippen LogP contribution in [0.2, 0.25) is 0 Å². The van der Waals surface area contributed by atoms with Crippen molar-refractivity contribution in [3.8, 4) is 12.8 Å². The number of quaternary nitrogens is 1. The van der Waals surface area contributed by atoms with Crippen molar-refractivity contribution in [2.24, 2.45) is 0 Å². The van der Waals surface area contributed by atoms with Crippen LogP contribution < -0.4 is 5.32 Å². The Kier molecular flexibility index (Phi) is 11.8. The van der Waals surface area contributed by atoms with Gasteiger partial charge in [-0.3, -0.25) is 0 Å². The van der Waals surface area contributed by atoms with Crippen LogP contribution in [0.3, 0.4) is 0 Å². The number of terminal acetylenes is 1. The number of rotatable bonds is 6. The monoisotopic (exact) mass is 206 g/mol. The molecule has 14 heavy (non-hydrogen) atoms. The molecule has 84 valence electrons. The van der Waals surface area contributed by atoms with Crippen molar-refractivity contribution in [2.75, 3.05) is 20.2 Å². The first kappa shape index (κ1) is 15.8. The fourth-order valence-corrected chi connectivity index (χ4v) is 0.940. The molecule has 0 saturated heterocycles. The molecule has 0 aromatic heterocycles. The summed E-state index contributed by atoms with van der Waals surface area (Å²) in [7, 11) is 1.76. The maximum Gasteiger partial charge on any atom is 0.131 e. The fourth-order valence-electron chi connectivity index (χ4n) is 0.940. The van der Waals surface area contributed by atoms with Crippen molar-refractivity contribution < 1.29 is 25.7 Å². The SMILES string of the molecule is C#C.C[NH2+]CC(O)C(O)[C@H](O)CCO. The molecule has 0 amide bonds. The Hall–Kier alpha value is -0.640. The first-order valence-electron chi connectivity index (χ1n) is 4.39. The Balaban J connectivity index is 0. The summed E-state index contributed by atoms with van der Waals surface area (Å²) in [4.78, 5) is 0. The van der Waals surface area contributed by atoms with Crippen molar-refractivity contribution in [1.82, 2.24) is 0 Å². The molecule has 0 aromatic rings. The van der Waals surface area contributed by atoms with Gasteiger partial charge in [0, 0.05) is 6.61 Å². The van der Waals surface area contributed by atoms with Gasteiger partial charge in [-0.05, 0) is 6.42 Å². The molecule has 5 nitrogen and oxygen atoms in total. The summed E-state index contributed by atoms with van der Waals surface area (Å²) >= 11 is 0. The second-order valence-electron chi connectivity index (χ2n) is 2.78. The Morgan fingerprint density at radius 2 is 1.64 bits per heavy atom. The molecule has 0 bridgehead atoms. The molecule has 0 aromatic carbocycles. The van der Waals surface area contributed by atoms with Gasteiger partial charge in [-0.1, -0.05) is 0 Å². The summed E-state index contributed by atoms with van der Waals surface area (Å²) in [6.07, 6.45) is 4.91. The lowest BCUT2D eigenvalue weighted by Crippen LogP contribution is -2.83. The minimum absolute atomic E-state index is 0.0853. The van der Waals surface area contributed by atoms with Crippen LogP contribution in [0.15, 0.2) is 0 Å². The molecule has 6 N–H and O–H groups in total. The topological polar surface area (TPSA) is 97.5 Å². The molecule has 3 atom stereocenters. The maximum absolute atomic E-state index is 9.22. The van der Waals surface area contributed by atoms with E-state index in [-0.39, 0.29) is 13.0 Å². The molecule has 5 heteroatoms. The molecule has 0 spiro atoms. The minimum atomic E-state index is -1.17. The first-order chi connectivity index (χ1) is 6.63. The molecular weight excluding hydrogens is 186 g/mol. The van der Waals surface area contributed by atoms with Crippen LogP contribution in [0.4, 0.5) is 0 Å². The van der Waals surface area contributed by atoms with E-state index in [1.165, 1.54) is 0 Å². The number of likely N-dealkylation sites (N-methyl/N-ethyl adjacent to an activating group) is 1. The maximum atomic E-state index is 9.22. The van der Waals surface area contributed by atoms with E-state index >= 15 is 0 Å². The largest absolute Gasteiger partial charge is 0.396 e. The molecule has 0 radical (unpaired) electrons. The van der Waals surface area contributed by atoms with E-state index in [2.05, 4.69) is 12.8 Å². The molecule has 0 saturated carbocycles. The third-order valence-corrected chi connectivity index (χ3v) is 1.69. The van der Waals surface area contributed by atoms with Gasteiger partial charge in [-0.2, -0.15) is 0 Å². The predicted molar refractivity (Wildman–Crippen MR) is 52.3 cm³/mol. The number of aliphatic hydroxyl groups excluding tert-OH is 4. The lowest BCUT2D eigenvalue weighted by molar-refractivity contribution is -0.635. The van der Waals surface area contributed by atoms with Gasteiger partial charge in [-0.25, -0.2) is 0 Å². The van der Waals surface area contributed by atoms with Crippen molar-refractivity contribution >= 4 is 0 Å². The van der Waals surface area contributed by atoms with Crippen molar-refractivity contribution in [2.45, 2.75) is 24.7 Å². The highest BCUT2D eigenvalue weighted by atomic mass is 16.4. The van der Waals surface area contributed by atoms with E-state index in [1.807, 2.05) is 0 Å². The minimum Gasteiger partial charge on any atom is -0.396 e. The third kappa shape index (κ3) is 6.83. The summed E-state index contributed by atoms with van der Waals surface area (Å²) in [5.41, 5.74) is 0. The average molecular weight is 206 g/mol. The van der Waals surface area contributed by atoms with Crippen LogP contribution >= 0.6 is 0 Å². The number of aliphatic hydroxyl groups is 4. The van der Waals surface area contributed by atoms with Gasteiger partial charge in [0.2, 0.25) is 0 Å². The lowest BCUT2D eigenvalue weighted by atomic mass is 10.1. The summed E-state index contributed by atoms with van der Waals surface area (Å²) in [6.45, 7) is 0.143. The summed E-state index contributed by atoms with van der Waals surface area (Å²) < 4.78 is 0. The first-order valence-corrected chi connectivity index (χ1v) is 4.39. The van der Waals surface area contributed by atoms with E-state index in [9.17, 15) is 10.2 Å². The molecular formula is C9H20NO4+. The summed E-state index contributed by atoms with van der Waals surface area (Å²) in [5.74, 6) is 0. The average Bonchev–Trinajstić information content (AvgIpc) is 2.20. The Labute approximate surface area is 84.4 Å². The number of hydrogen-bond donors (Lipinski definition) is 5. The van der Waals surface area contributed by atoms with Gasteiger partial charge in [0.15, 0.2) is 0 Å². The second-order valence-corrected chi connectivity index (χ2v) is 2.78. The number of nitrogens with two attached hydrogens (primary N) is 1. The highest BCUT2D eigenvalue weighted by Crippen LogP contribution is 2.02. The van der Waals surface area contributed by atoms with E-state index in [0.29, 0.717) is 6.54 Å². The summed E-state index contributed by atoms with van der Waals surface area (Å²) in [6, 6.07) is 0. The Morgan fingerprint density at radius 1 is 1.14 bits per heavy atom. The number of hydrogen-bond acceptors (Lipinski definition) is 4. The van der Waals surface area contributed by atoms with Gasteiger partial charge >= 0.3 is 0 Å². The highest BCUT2D eigenvalue weighted by Gasteiger charge is 2.24. The molecule has 0 aliphatic heterocycles. The van der Waals surface area contributed by atoms with Gasteiger partial charge in [0.05, 0.1) is 13.2 Å². The van der Waals surface area contributed by atoms with Crippen LogP contribution in [0.1, 0.15) is 6.42 Å². The quantitative estimate of drug-likeness (QED) is 0.297. The normalized spacial score (nSPS) is 16.2. The smallest absolute Gasteiger partial charge is 0.131 e. The van der Waals surface area contributed by atoms with Gasteiger partial charge in [0.25, 0.3) is 0 Å². The fraction of sp³-hybridized carbons (Fsp3) is 0.778. The second kappa shape index (κ2) is 10.4. The van der Waals surface area contributed by atoms with E-state index < -0.39 is 18.3 Å². The van der Waals surface area contributed by atoms with Crippen LogP contribution in [0.5, 0.6) is 0 Å². The van der Waals surface area contributed by atoms with E-state index in [0.717, 1.165) is 0 Å². The van der Waals surface area contributed by atoms with Crippen LogP contribution in [0.25, 0.3) is 0 Å². The lowest BCUT2D eigenvalue weighted by Gasteiger charge is -2.20.